The Morgan fingerprint density at radius 1 is 1.29 bits per heavy atom. The van der Waals surface area contributed by atoms with E-state index in [0.717, 1.165) is 29.8 Å². The third-order valence-corrected chi connectivity index (χ3v) is 4.16. The van der Waals surface area contributed by atoms with Crippen molar-refractivity contribution in [2.24, 2.45) is 0 Å². The second-order valence-corrected chi connectivity index (χ2v) is 5.29. The molecule has 0 saturated heterocycles. The molecule has 4 nitrogen and oxygen atoms in total. The molecule has 0 fully saturated rings. The summed E-state index contributed by atoms with van der Waals surface area (Å²) in [6.07, 6.45) is 2.11. The van der Waals surface area contributed by atoms with Crippen molar-refractivity contribution in [3.8, 4) is 5.75 Å². The van der Waals surface area contributed by atoms with E-state index in [1.165, 1.54) is 0 Å². The molecular weight excluding hydrogens is 264 g/mol. The molecule has 1 atom stereocenters. The Labute approximate surface area is 129 Å². The van der Waals surface area contributed by atoms with Gasteiger partial charge in [-0.3, -0.25) is 0 Å². The lowest BCUT2D eigenvalue weighted by Gasteiger charge is -2.35. The molecule has 0 saturated carbocycles. The van der Waals surface area contributed by atoms with Crippen LogP contribution in [-0.4, -0.2) is 38.5 Å². The Bertz CT molecular complexity index is 419. The number of hydrogen-bond donors (Lipinski definition) is 2. The Balaban J connectivity index is 3.35. The average molecular weight is 294 g/mol. The summed E-state index contributed by atoms with van der Waals surface area (Å²) < 4.78 is 5.56. The predicted molar refractivity (Wildman–Crippen MR) is 89.3 cm³/mol. The fraction of sp³-hybridized carbons (Fsp3) is 0.647. The molecule has 0 bridgehead atoms. The van der Waals surface area contributed by atoms with Gasteiger partial charge in [-0.1, -0.05) is 19.9 Å². The molecule has 0 aliphatic rings. The maximum Gasteiger partial charge on any atom is 0.125 e. The van der Waals surface area contributed by atoms with E-state index in [1.807, 2.05) is 19.2 Å². The maximum atomic E-state index is 9.46. The molecular formula is C17H30N2O2. The quantitative estimate of drug-likeness (QED) is 0.735. The van der Waals surface area contributed by atoms with Gasteiger partial charge in [0.15, 0.2) is 0 Å². The number of nitrogens with zero attached hydrogens (tertiary/aromatic N) is 1. The van der Waals surface area contributed by atoms with Crippen LogP contribution in [0.4, 0.5) is 5.69 Å². The molecule has 21 heavy (non-hydrogen) atoms. The second kappa shape index (κ2) is 8.90. The SMILES string of the molecule is CCC(CC)N(CCO)c1cccc(OC)c1C(C)NC. The van der Waals surface area contributed by atoms with Gasteiger partial charge < -0.3 is 20.1 Å². The number of aliphatic hydroxyl groups is 1. The van der Waals surface area contributed by atoms with Crippen LogP contribution in [0.5, 0.6) is 5.75 Å². The van der Waals surface area contributed by atoms with Crippen LogP contribution >= 0.6 is 0 Å². The third-order valence-electron chi connectivity index (χ3n) is 4.16. The molecule has 120 valence electrons. The van der Waals surface area contributed by atoms with Crippen LogP contribution in [-0.2, 0) is 0 Å². The van der Waals surface area contributed by atoms with E-state index >= 15 is 0 Å². The van der Waals surface area contributed by atoms with Gasteiger partial charge >= 0.3 is 0 Å². The Hall–Kier alpha value is -1.26. The van der Waals surface area contributed by atoms with Gasteiger partial charge in [0.2, 0.25) is 0 Å². The smallest absolute Gasteiger partial charge is 0.125 e. The Morgan fingerprint density at radius 2 is 1.95 bits per heavy atom. The highest BCUT2D eigenvalue weighted by Crippen LogP contribution is 2.36. The van der Waals surface area contributed by atoms with E-state index in [9.17, 15) is 5.11 Å². The number of methoxy groups -OCH3 is 1. The van der Waals surface area contributed by atoms with Crippen molar-refractivity contribution in [2.75, 3.05) is 32.2 Å². The molecule has 1 aromatic rings. The number of ether oxygens (including phenoxy) is 1. The van der Waals surface area contributed by atoms with E-state index in [-0.39, 0.29) is 12.6 Å². The van der Waals surface area contributed by atoms with E-state index in [1.54, 1.807) is 7.11 Å². The van der Waals surface area contributed by atoms with E-state index < -0.39 is 0 Å². The van der Waals surface area contributed by atoms with Crippen molar-refractivity contribution >= 4 is 5.69 Å². The number of aliphatic hydroxyl groups excluding tert-OH is 1. The number of hydrogen-bond acceptors (Lipinski definition) is 4. The topological polar surface area (TPSA) is 44.7 Å². The molecule has 1 unspecified atom stereocenters. The standard InChI is InChI=1S/C17H30N2O2/c1-6-14(7-2)19(11-12-20)15-9-8-10-16(21-5)17(15)13(3)18-4/h8-10,13-14,18,20H,6-7,11-12H2,1-5H3. The fourth-order valence-corrected chi connectivity index (χ4v) is 2.88. The van der Waals surface area contributed by atoms with Crippen molar-refractivity contribution in [3.63, 3.8) is 0 Å². The number of nitrogens with one attached hydrogen (secondary N) is 1. The van der Waals surface area contributed by atoms with Crippen LogP contribution in [0.2, 0.25) is 0 Å². The summed E-state index contributed by atoms with van der Waals surface area (Å²) in [5, 5.41) is 12.8. The number of rotatable bonds is 9. The molecule has 1 aromatic carbocycles. The summed E-state index contributed by atoms with van der Waals surface area (Å²) in [5.41, 5.74) is 2.31. The second-order valence-electron chi connectivity index (χ2n) is 5.29. The average Bonchev–Trinajstić information content (AvgIpc) is 2.53. The summed E-state index contributed by atoms with van der Waals surface area (Å²) in [6, 6.07) is 6.75. The zero-order chi connectivity index (χ0) is 15.8. The van der Waals surface area contributed by atoms with Crippen LogP contribution in [0, 0.1) is 0 Å². The van der Waals surface area contributed by atoms with Gasteiger partial charge in [-0.15, -0.1) is 0 Å². The predicted octanol–water partition coefficient (Wildman–Crippen LogP) is 2.96. The van der Waals surface area contributed by atoms with Gasteiger partial charge in [0.1, 0.15) is 5.75 Å². The lowest BCUT2D eigenvalue weighted by atomic mass is 10.0. The summed E-state index contributed by atoms with van der Waals surface area (Å²) in [5.74, 6) is 0.892. The van der Waals surface area contributed by atoms with Crippen LogP contribution in [0.15, 0.2) is 18.2 Å². The van der Waals surface area contributed by atoms with Gasteiger partial charge in [0.25, 0.3) is 0 Å². The van der Waals surface area contributed by atoms with Crippen molar-refractivity contribution in [1.82, 2.24) is 5.32 Å². The van der Waals surface area contributed by atoms with Crippen molar-refractivity contribution in [3.05, 3.63) is 23.8 Å². The van der Waals surface area contributed by atoms with Gasteiger partial charge in [-0.25, -0.2) is 0 Å². The minimum Gasteiger partial charge on any atom is -0.496 e. The normalized spacial score (nSPS) is 12.5. The number of anilines is 1. The molecule has 4 heteroatoms. The first kappa shape index (κ1) is 17.8. The molecule has 2 N–H and O–H groups in total. The highest BCUT2D eigenvalue weighted by atomic mass is 16.5. The fourth-order valence-electron chi connectivity index (χ4n) is 2.88. The lowest BCUT2D eigenvalue weighted by Crippen LogP contribution is -2.38. The molecule has 0 aliphatic heterocycles. The van der Waals surface area contributed by atoms with Crippen LogP contribution in [0.3, 0.4) is 0 Å². The molecule has 0 spiro atoms. The first-order chi connectivity index (χ1) is 10.1. The van der Waals surface area contributed by atoms with E-state index in [0.29, 0.717) is 12.6 Å². The molecule has 0 aromatic heterocycles. The molecule has 1 rings (SSSR count). The van der Waals surface area contributed by atoms with Gasteiger partial charge in [0, 0.05) is 29.9 Å². The highest BCUT2D eigenvalue weighted by Gasteiger charge is 2.22. The first-order valence-corrected chi connectivity index (χ1v) is 7.86. The summed E-state index contributed by atoms with van der Waals surface area (Å²) in [7, 11) is 3.66. The van der Waals surface area contributed by atoms with Crippen LogP contribution < -0.4 is 15.0 Å². The zero-order valence-electron chi connectivity index (χ0n) is 14.0. The minimum absolute atomic E-state index is 0.154. The van der Waals surface area contributed by atoms with Crippen LogP contribution in [0.1, 0.15) is 45.2 Å². The van der Waals surface area contributed by atoms with Crippen molar-refractivity contribution < 1.29 is 9.84 Å². The van der Waals surface area contributed by atoms with E-state index in [2.05, 4.69) is 37.1 Å². The van der Waals surface area contributed by atoms with Gasteiger partial charge in [-0.2, -0.15) is 0 Å². The monoisotopic (exact) mass is 294 g/mol. The largest absolute Gasteiger partial charge is 0.496 e. The minimum atomic E-state index is 0.154. The van der Waals surface area contributed by atoms with E-state index in [4.69, 9.17) is 4.74 Å². The van der Waals surface area contributed by atoms with Gasteiger partial charge in [-0.05, 0) is 38.9 Å². The maximum absolute atomic E-state index is 9.46. The zero-order valence-corrected chi connectivity index (χ0v) is 14.0. The van der Waals surface area contributed by atoms with Gasteiger partial charge in [0.05, 0.1) is 13.7 Å². The highest BCUT2D eigenvalue weighted by molar-refractivity contribution is 5.61. The molecule has 0 amide bonds. The Morgan fingerprint density at radius 3 is 2.43 bits per heavy atom. The van der Waals surface area contributed by atoms with Crippen molar-refractivity contribution in [2.45, 2.75) is 45.7 Å². The molecule has 0 aliphatic carbocycles. The number of benzene rings is 1. The van der Waals surface area contributed by atoms with Crippen molar-refractivity contribution in [1.29, 1.82) is 0 Å². The third kappa shape index (κ3) is 4.11. The lowest BCUT2D eigenvalue weighted by molar-refractivity contribution is 0.295. The molecule has 0 radical (unpaired) electrons. The van der Waals surface area contributed by atoms with Crippen LogP contribution in [0.25, 0.3) is 0 Å². The molecule has 0 heterocycles. The summed E-state index contributed by atoms with van der Waals surface area (Å²) >= 11 is 0. The summed E-state index contributed by atoms with van der Waals surface area (Å²) in [6.45, 7) is 7.31. The summed E-state index contributed by atoms with van der Waals surface area (Å²) in [4.78, 5) is 2.31. The first-order valence-electron chi connectivity index (χ1n) is 7.86. The Kier molecular flexibility index (Phi) is 7.54.